The standard InChI is InChI=1S/C16H21BrFNO2/c1-16(15(20)21-2,19-12-6-4-3-5-7-12)11-8-9-14(18)13(17)10-11/h8-10,12,19H,3-7H2,1-2H3. The summed E-state index contributed by atoms with van der Waals surface area (Å²) in [6, 6.07) is 4.92. The van der Waals surface area contributed by atoms with Gasteiger partial charge in [-0.2, -0.15) is 0 Å². The molecule has 0 bridgehead atoms. The highest BCUT2D eigenvalue weighted by Crippen LogP contribution is 2.29. The molecule has 1 unspecified atom stereocenters. The molecule has 0 aliphatic heterocycles. The smallest absolute Gasteiger partial charge is 0.330 e. The second-order valence-corrected chi connectivity index (χ2v) is 6.58. The predicted octanol–water partition coefficient (Wildman–Crippen LogP) is 3.90. The van der Waals surface area contributed by atoms with Crippen molar-refractivity contribution in [2.24, 2.45) is 0 Å². The average Bonchev–Trinajstić information content (AvgIpc) is 2.50. The highest BCUT2D eigenvalue weighted by Gasteiger charge is 2.38. The first kappa shape index (κ1) is 16.4. The van der Waals surface area contributed by atoms with E-state index in [0.29, 0.717) is 10.0 Å². The van der Waals surface area contributed by atoms with Crippen LogP contribution in [-0.4, -0.2) is 19.1 Å². The number of carbonyl (C=O) groups excluding carboxylic acids is 1. The van der Waals surface area contributed by atoms with E-state index >= 15 is 0 Å². The van der Waals surface area contributed by atoms with Crippen LogP contribution in [0.1, 0.15) is 44.6 Å². The molecule has 0 radical (unpaired) electrons. The maximum absolute atomic E-state index is 13.4. The molecule has 1 aromatic carbocycles. The van der Waals surface area contributed by atoms with Crippen molar-refractivity contribution in [1.29, 1.82) is 0 Å². The largest absolute Gasteiger partial charge is 0.467 e. The lowest BCUT2D eigenvalue weighted by atomic mass is 9.87. The van der Waals surface area contributed by atoms with E-state index < -0.39 is 5.54 Å². The molecule has 1 N–H and O–H groups in total. The molecular weight excluding hydrogens is 337 g/mol. The van der Waals surface area contributed by atoms with Gasteiger partial charge in [-0.25, -0.2) is 9.18 Å². The van der Waals surface area contributed by atoms with Crippen LogP contribution in [0.4, 0.5) is 4.39 Å². The molecule has 1 saturated carbocycles. The van der Waals surface area contributed by atoms with E-state index in [1.54, 1.807) is 19.1 Å². The lowest BCUT2D eigenvalue weighted by molar-refractivity contribution is -0.149. The lowest BCUT2D eigenvalue weighted by Crippen LogP contribution is -2.52. The number of carbonyl (C=O) groups is 1. The number of benzene rings is 1. The summed E-state index contributed by atoms with van der Waals surface area (Å²) in [5.74, 6) is -0.699. The first-order valence-corrected chi connectivity index (χ1v) is 8.08. The number of esters is 1. The molecule has 1 aliphatic carbocycles. The molecule has 116 valence electrons. The second-order valence-electron chi connectivity index (χ2n) is 5.72. The Labute approximate surface area is 133 Å². The zero-order valence-electron chi connectivity index (χ0n) is 12.4. The van der Waals surface area contributed by atoms with E-state index in [9.17, 15) is 9.18 Å². The van der Waals surface area contributed by atoms with Gasteiger partial charge in [-0.3, -0.25) is 5.32 Å². The van der Waals surface area contributed by atoms with E-state index in [0.717, 1.165) is 12.8 Å². The van der Waals surface area contributed by atoms with Gasteiger partial charge in [0.05, 0.1) is 11.6 Å². The molecule has 1 fully saturated rings. The fraction of sp³-hybridized carbons (Fsp3) is 0.562. The number of ether oxygens (including phenoxy) is 1. The van der Waals surface area contributed by atoms with Crippen LogP contribution in [0.15, 0.2) is 22.7 Å². The summed E-state index contributed by atoms with van der Waals surface area (Å²) < 4.78 is 18.8. The third-order valence-corrected chi connectivity index (χ3v) is 4.80. The molecule has 0 spiro atoms. The van der Waals surface area contributed by atoms with Crippen LogP contribution < -0.4 is 5.32 Å². The first-order valence-electron chi connectivity index (χ1n) is 7.29. The monoisotopic (exact) mass is 357 g/mol. The van der Waals surface area contributed by atoms with Crippen LogP contribution in [0.25, 0.3) is 0 Å². The van der Waals surface area contributed by atoms with Gasteiger partial charge >= 0.3 is 5.97 Å². The molecule has 1 aromatic rings. The van der Waals surface area contributed by atoms with E-state index in [4.69, 9.17) is 4.74 Å². The van der Waals surface area contributed by atoms with Crippen molar-refractivity contribution in [3.05, 3.63) is 34.1 Å². The number of nitrogens with one attached hydrogen (secondary N) is 1. The Hall–Kier alpha value is -0.940. The quantitative estimate of drug-likeness (QED) is 0.830. The fourth-order valence-electron chi connectivity index (χ4n) is 2.93. The van der Waals surface area contributed by atoms with Crippen molar-refractivity contribution in [2.45, 2.75) is 50.6 Å². The highest BCUT2D eigenvalue weighted by molar-refractivity contribution is 9.10. The Morgan fingerprint density at radius 3 is 2.62 bits per heavy atom. The van der Waals surface area contributed by atoms with E-state index in [-0.39, 0.29) is 17.8 Å². The van der Waals surface area contributed by atoms with Crippen LogP contribution in [0, 0.1) is 5.82 Å². The summed E-state index contributed by atoms with van der Waals surface area (Å²) in [5, 5.41) is 3.43. The predicted molar refractivity (Wildman–Crippen MR) is 83.5 cm³/mol. The van der Waals surface area contributed by atoms with Gasteiger partial charge in [0.25, 0.3) is 0 Å². The van der Waals surface area contributed by atoms with Crippen molar-refractivity contribution in [3.8, 4) is 0 Å². The number of rotatable bonds is 4. The van der Waals surface area contributed by atoms with Crippen LogP contribution in [0.5, 0.6) is 0 Å². The van der Waals surface area contributed by atoms with Gasteiger partial charge in [-0.15, -0.1) is 0 Å². The zero-order valence-corrected chi connectivity index (χ0v) is 14.0. The molecule has 0 aromatic heterocycles. The van der Waals surface area contributed by atoms with Gasteiger partial charge in [-0.1, -0.05) is 25.3 Å². The van der Waals surface area contributed by atoms with Crippen LogP contribution in [-0.2, 0) is 15.1 Å². The van der Waals surface area contributed by atoms with Gasteiger partial charge < -0.3 is 4.74 Å². The Kier molecular flexibility index (Phi) is 5.38. The second kappa shape index (κ2) is 6.88. The van der Waals surface area contributed by atoms with Crippen LogP contribution in [0.3, 0.4) is 0 Å². The highest BCUT2D eigenvalue weighted by atomic mass is 79.9. The van der Waals surface area contributed by atoms with Gasteiger partial charge in [-0.05, 0) is 53.4 Å². The van der Waals surface area contributed by atoms with Gasteiger partial charge in [0.1, 0.15) is 11.4 Å². The minimum atomic E-state index is -0.965. The third kappa shape index (κ3) is 3.64. The van der Waals surface area contributed by atoms with Crippen LogP contribution in [0.2, 0.25) is 0 Å². The minimum Gasteiger partial charge on any atom is -0.467 e. The molecule has 5 heteroatoms. The van der Waals surface area contributed by atoms with Crippen molar-refractivity contribution in [1.82, 2.24) is 5.32 Å². The Morgan fingerprint density at radius 2 is 2.05 bits per heavy atom. The third-order valence-electron chi connectivity index (χ3n) is 4.19. The van der Waals surface area contributed by atoms with Crippen LogP contribution >= 0.6 is 15.9 Å². The Bertz CT molecular complexity index is 517. The Morgan fingerprint density at radius 1 is 1.38 bits per heavy atom. The fourth-order valence-corrected chi connectivity index (χ4v) is 3.31. The topological polar surface area (TPSA) is 38.3 Å². The number of halogens is 2. The minimum absolute atomic E-state index is 0.284. The molecule has 1 aliphatic rings. The molecule has 0 heterocycles. The van der Waals surface area contributed by atoms with E-state index in [2.05, 4.69) is 21.2 Å². The van der Waals surface area contributed by atoms with Crippen molar-refractivity contribution in [2.75, 3.05) is 7.11 Å². The molecule has 0 saturated heterocycles. The van der Waals surface area contributed by atoms with Gasteiger partial charge in [0.15, 0.2) is 0 Å². The molecular formula is C16H21BrFNO2. The molecule has 0 amide bonds. The maximum atomic E-state index is 13.4. The van der Waals surface area contributed by atoms with E-state index in [1.165, 1.54) is 32.4 Å². The summed E-state index contributed by atoms with van der Waals surface area (Å²) in [6.45, 7) is 1.80. The van der Waals surface area contributed by atoms with Crippen molar-refractivity contribution in [3.63, 3.8) is 0 Å². The normalized spacial score (nSPS) is 19.0. The first-order chi connectivity index (χ1) is 9.97. The maximum Gasteiger partial charge on any atom is 0.330 e. The number of hydrogen-bond acceptors (Lipinski definition) is 3. The summed E-state index contributed by atoms with van der Waals surface area (Å²) in [4.78, 5) is 12.3. The van der Waals surface area contributed by atoms with Crippen molar-refractivity contribution < 1.29 is 13.9 Å². The van der Waals surface area contributed by atoms with Crippen molar-refractivity contribution >= 4 is 21.9 Å². The number of hydrogen-bond donors (Lipinski definition) is 1. The Balaban J connectivity index is 2.31. The lowest BCUT2D eigenvalue weighted by Gasteiger charge is -2.35. The molecule has 1 atom stereocenters. The molecule has 2 rings (SSSR count). The van der Waals surface area contributed by atoms with E-state index in [1.807, 2.05) is 0 Å². The number of methoxy groups -OCH3 is 1. The summed E-state index contributed by atoms with van der Waals surface area (Å²) in [6.07, 6.45) is 5.68. The summed E-state index contributed by atoms with van der Waals surface area (Å²) in [5.41, 5.74) is -0.263. The van der Waals surface area contributed by atoms with Gasteiger partial charge in [0.2, 0.25) is 0 Å². The summed E-state index contributed by atoms with van der Waals surface area (Å²) >= 11 is 3.18. The molecule has 3 nitrogen and oxygen atoms in total. The average molecular weight is 358 g/mol. The summed E-state index contributed by atoms with van der Waals surface area (Å²) in [7, 11) is 1.38. The van der Waals surface area contributed by atoms with Gasteiger partial charge in [0, 0.05) is 6.04 Å². The zero-order chi connectivity index (χ0) is 15.5. The SMILES string of the molecule is COC(=O)C(C)(NC1CCCCC1)c1ccc(F)c(Br)c1. The molecule has 21 heavy (non-hydrogen) atoms.